The van der Waals surface area contributed by atoms with E-state index in [2.05, 4.69) is 4.74 Å². The molecule has 0 aromatic heterocycles. The molecule has 0 saturated carbocycles. The lowest BCUT2D eigenvalue weighted by molar-refractivity contribution is -0.141. The fraction of sp³-hybridized carbons (Fsp3) is 0.762. The third kappa shape index (κ3) is 27.1. The van der Waals surface area contributed by atoms with Crippen LogP contribution in [0.3, 0.4) is 0 Å². The number of aliphatic hydroxyl groups is 2. The molecule has 0 rings (SSSR count). The number of nitrogens with one attached hydrogen (secondary N) is 1. The van der Waals surface area contributed by atoms with Crippen LogP contribution < -0.4 is 11.1 Å². The number of carbonyl (C=O) groups excluding carboxylic acids is 3. The first-order valence-electron chi connectivity index (χ1n) is 10.5. The average Bonchev–Trinajstić information content (AvgIpc) is 2.61. The van der Waals surface area contributed by atoms with E-state index in [0.29, 0.717) is 0 Å². The normalized spacial score (nSPS) is 12.7. The first kappa shape index (κ1) is 37.4. The number of hydrogen-bond donors (Lipinski definition) is 6. The molecule has 0 saturated heterocycles. The highest BCUT2D eigenvalue weighted by atomic mass is 16.8. The van der Waals surface area contributed by atoms with Crippen LogP contribution in [0.25, 0.3) is 0 Å². The molecule has 0 heterocycles. The Kier molecular flexibility index (Phi) is 17.1. The summed E-state index contributed by atoms with van der Waals surface area (Å²) in [4.78, 5) is 53.1. The van der Waals surface area contributed by atoms with Crippen molar-refractivity contribution in [2.45, 2.75) is 91.2 Å². The van der Waals surface area contributed by atoms with Gasteiger partial charge in [-0.3, -0.25) is 4.79 Å². The molecule has 36 heavy (non-hydrogen) atoms. The van der Waals surface area contributed by atoms with Gasteiger partial charge >= 0.3 is 30.3 Å². The van der Waals surface area contributed by atoms with Gasteiger partial charge in [-0.25, -0.2) is 19.2 Å². The van der Waals surface area contributed by atoms with Crippen LogP contribution in [0, 0.1) is 0 Å². The maximum atomic E-state index is 11.0. The summed E-state index contributed by atoms with van der Waals surface area (Å²) < 4.78 is 18.6. The number of carboxylic acid groups (broad SMARTS) is 2. The number of ether oxygens (including phenoxy) is 4. The van der Waals surface area contributed by atoms with E-state index < -0.39 is 72.4 Å². The number of nitrogens with two attached hydrogens (primary N) is 1. The summed E-state index contributed by atoms with van der Waals surface area (Å²) in [5.74, 6) is -2.49. The molecule has 0 aliphatic carbocycles. The Morgan fingerprint density at radius 2 is 1.06 bits per heavy atom. The first-order chi connectivity index (χ1) is 15.9. The number of hydrogen-bond acceptors (Lipinski definition) is 12. The predicted molar refractivity (Wildman–Crippen MR) is 124 cm³/mol. The van der Waals surface area contributed by atoms with Crippen LogP contribution in [0.1, 0.15) is 62.3 Å². The minimum absolute atomic E-state index is 0.505. The number of aliphatic hydroxyl groups excluding tert-OH is 2. The highest BCUT2D eigenvalue weighted by Gasteiger charge is 2.24. The van der Waals surface area contributed by atoms with E-state index in [1.807, 2.05) is 5.32 Å². The maximum absolute atomic E-state index is 11.0. The Labute approximate surface area is 209 Å². The monoisotopic (exact) mass is 528 g/mol. The minimum Gasteiger partial charge on any atom is -0.480 e. The molecule has 0 bridgehead atoms. The van der Waals surface area contributed by atoms with Crippen LogP contribution in [-0.2, 0) is 28.5 Å². The van der Waals surface area contributed by atoms with Crippen LogP contribution in [0.15, 0.2) is 0 Å². The van der Waals surface area contributed by atoms with Crippen molar-refractivity contribution in [3.8, 4) is 0 Å². The Balaban J connectivity index is -0.000000483. The third-order valence-electron chi connectivity index (χ3n) is 2.63. The molecule has 15 heteroatoms. The molecule has 0 aromatic rings. The summed E-state index contributed by atoms with van der Waals surface area (Å²) in [6.45, 7) is 13.8. The second-order valence-corrected chi connectivity index (χ2v) is 9.88. The smallest absolute Gasteiger partial charge is 0.480 e. The number of amides is 1. The Hall–Kier alpha value is -3.17. The van der Waals surface area contributed by atoms with Crippen molar-refractivity contribution in [2.75, 3.05) is 13.2 Å². The van der Waals surface area contributed by atoms with Crippen LogP contribution in [0.4, 0.5) is 14.4 Å². The van der Waals surface area contributed by atoms with Gasteiger partial charge in [0.15, 0.2) is 6.04 Å². The van der Waals surface area contributed by atoms with Crippen molar-refractivity contribution in [1.82, 2.24) is 5.32 Å². The standard InChI is InChI=1S/C10H18O5.C8H15NO5.C3H7NO3/c1-9(2,3)14-7(11)13-8(12)15-10(4,5)6;1-8(2,3)14-7(13)9-5(4-10)6(11)12;4-2(1-5)3(6)7/h1-6H3;5,10H,4H2,1-3H3,(H,9,13)(H,11,12);2,5H,1,4H2,(H,6,7)/t;;2-/m..0/s1. The Morgan fingerprint density at radius 3 is 1.25 bits per heavy atom. The summed E-state index contributed by atoms with van der Waals surface area (Å²) in [6.07, 6.45) is -2.98. The van der Waals surface area contributed by atoms with E-state index in [1.54, 1.807) is 62.3 Å². The topological polar surface area (TPSA) is 241 Å². The number of rotatable bonds is 5. The van der Waals surface area contributed by atoms with Gasteiger partial charge in [0.2, 0.25) is 0 Å². The van der Waals surface area contributed by atoms with Crippen LogP contribution >= 0.6 is 0 Å². The fourth-order valence-electron chi connectivity index (χ4n) is 1.32. The Morgan fingerprint density at radius 1 is 0.694 bits per heavy atom. The summed E-state index contributed by atoms with van der Waals surface area (Å²) in [7, 11) is 0. The first-order valence-corrected chi connectivity index (χ1v) is 10.5. The minimum atomic E-state index is -1.33. The molecule has 1 unspecified atom stereocenters. The molecular weight excluding hydrogens is 488 g/mol. The zero-order valence-corrected chi connectivity index (χ0v) is 22.1. The summed E-state index contributed by atoms with van der Waals surface area (Å²) in [6, 6.07) is -2.45. The van der Waals surface area contributed by atoms with Crippen molar-refractivity contribution in [3.63, 3.8) is 0 Å². The number of carbonyl (C=O) groups is 5. The SMILES string of the molecule is CC(C)(C)OC(=O)NC(CO)C(=O)O.CC(C)(C)OC(=O)OC(=O)OC(C)(C)C.N[C@@H](CO)C(=O)O. The fourth-order valence-corrected chi connectivity index (χ4v) is 1.32. The molecule has 0 aliphatic heterocycles. The molecule has 212 valence electrons. The number of alkyl carbamates (subject to hydrolysis) is 1. The van der Waals surface area contributed by atoms with Crippen molar-refractivity contribution >= 4 is 30.3 Å². The average molecular weight is 529 g/mol. The molecule has 0 spiro atoms. The van der Waals surface area contributed by atoms with Crippen LogP contribution in [0.5, 0.6) is 0 Å². The molecular formula is C21H40N2O13. The van der Waals surface area contributed by atoms with E-state index >= 15 is 0 Å². The Bertz CT molecular complexity index is 693. The van der Waals surface area contributed by atoms with E-state index in [9.17, 15) is 24.0 Å². The van der Waals surface area contributed by atoms with Gasteiger partial charge in [-0.1, -0.05) is 0 Å². The van der Waals surface area contributed by atoms with E-state index in [0.717, 1.165) is 0 Å². The molecule has 0 radical (unpaired) electrons. The van der Waals surface area contributed by atoms with Crippen molar-refractivity contribution < 1.29 is 63.3 Å². The summed E-state index contributed by atoms with van der Waals surface area (Å²) in [5, 5.41) is 35.0. The lowest BCUT2D eigenvalue weighted by Gasteiger charge is -2.21. The highest BCUT2D eigenvalue weighted by Crippen LogP contribution is 2.11. The van der Waals surface area contributed by atoms with Crippen LogP contribution in [0.2, 0.25) is 0 Å². The molecule has 0 aliphatic rings. The lowest BCUT2D eigenvalue weighted by Crippen LogP contribution is -2.45. The third-order valence-corrected chi connectivity index (χ3v) is 2.63. The number of carboxylic acids is 2. The van der Waals surface area contributed by atoms with Gasteiger partial charge in [-0.15, -0.1) is 0 Å². The zero-order valence-electron chi connectivity index (χ0n) is 22.1. The maximum Gasteiger partial charge on any atom is 0.519 e. The van der Waals surface area contributed by atoms with Crippen molar-refractivity contribution in [2.24, 2.45) is 5.73 Å². The van der Waals surface area contributed by atoms with Crippen molar-refractivity contribution in [1.29, 1.82) is 0 Å². The van der Waals surface area contributed by atoms with Gasteiger partial charge in [-0.2, -0.15) is 0 Å². The van der Waals surface area contributed by atoms with E-state index in [-0.39, 0.29) is 0 Å². The number of aliphatic carboxylic acids is 2. The summed E-state index contributed by atoms with van der Waals surface area (Å²) in [5.41, 5.74) is 2.68. The summed E-state index contributed by atoms with van der Waals surface area (Å²) >= 11 is 0. The van der Waals surface area contributed by atoms with Crippen molar-refractivity contribution in [3.05, 3.63) is 0 Å². The van der Waals surface area contributed by atoms with Gasteiger partial charge in [0.1, 0.15) is 22.8 Å². The predicted octanol–water partition coefficient (Wildman–Crippen LogP) is 1.22. The molecule has 7 N–H and O–H groups in total. The van der Waals surface area contributed by atoms with Gasteiger partial charge in [-0.05, 0) is 62.3 Å². The molecule has 2 atom stereocenters. The second kappa shape index (κ2) is 16.5. The molecule has 0 fully saturated rings. The second-order valence-electron chi connectivity index (χ2n) is 9.88. The quantitative estimate of drug-likeness (QED) is 0.167. The zero-order chi connectivity index (χ0) is 29.5. The highest BCUT2D eigenvalue weighted by molar-refractivity contribution is 5.80. The van der Waals surface area contributed by atoms with E-state index in [4.69, 9.17) is 40.4 Å². The van der Waals surface area contributed by atoms with E-state index in [1.165, 1.54) is 0 Å². The lowest BCUT2D eigenvalue weighted by atomic mass is 10.2. The van der Waals surface area contributed by atoms with Gasteiger partial charge < -0.3 is 50.4 Å². The van der Waals surface area contributed by atoms with Gasteiger partial charge in [0.05, 0.1) is 13.2 Å². The molecule has 0 aromatic carbocycles. The largest absolute Gasteiger partial charge is 0.519 e. The van der Waals surface area contributed by atoms with Crippen LogP contribution in [-0.4, -0.2) is 92.9 Å². The molecule has 15 nitrogen and oxygen atoms in total. The molecule has 1 amide bonds. The van der Waals surface area contributed by atoms with Gasteiger partial charge in [0.25, 0.3) is 0 Å². The van der Waals surface area contributed by atoms with Gasteiger partial charge in [0, 0.05) is 0 Å².